The maximum atomic E-state index is 12.0. The van der Waals surface area contributed by atoms with E-state index in [2.05, 4.69) is 0 Å². The number of aliphatic hydroxyl groups excluding tert-OH is 1. The van der Waals surface area contributed by atoms with E-state index in [1.54, 1.807) is 24.3 Å². The Labute approximate surface area is 153 Å². The Morgan fingerprint density at radius 2 is 1.92 bits per heavy atom. The first-order chi connectivity index (χ1) is 12.6. The average molecular weight is 352 g/mol. The zero-order valence-corrected chi connectivity index (χ0v) is 14.6. The van der Waals surface area contributed by atoms with Crippen LogP contribution in [0.25, 0.3) is 0 Å². The Bertz CT molecular complexity index is 713. The molecule has 2 rings (SSSR count). The van der Waals surface area contributed by atoms with Gasteiger partial charge < -0.3 is 10.2 Å². The highest BCUT2D eigenvalue weighted by Crippen LogP contribution is 2.27. The highest BCUT2D eigenvalue weighted by molar-refractivity contribution is 5.95. The summed E-state index contributed by atoms with van der Waals surface area (Å²) in [6.45, 7) is 0. The lowest BCUT2D eigenvalue weighted by Crippen LogP contribution is -2.14. The van der Waals surface area contributed by atoms with Gasteiger partial charge in [-0.25, -0.2) is 4.79 Å². The fourth-order valence-corrected chi connectivity index (χ4v) is 2.89. The molecule has 1 aliphatic rings. The van der Waals surface area contributed by atoms with Crippen LogP contribution in [0.5, 0.6) is 0 Å². The minimum Gasteiger partial charge on any atom is -0.478 e. The van der Waals surface area contributed by atoms with E-state index < -0.39 is 12.1 Å². The van der Waals surface area contributed by atoms with Gasteiger partial charge in [0, 0.05) is 18.4 Å². The molecule has 3 atom stereocenters. The molecular weight excluding hydrogens is 328 g/mol. The Morgan fingerprint density at radius 3 is 2.65 bits per heavy atom. The van der Waals surface area contributed by atoms with Gasteiger partial charge in [0.15, 0.2) is 5.78 Å². The fourth-order valence-electron chi connectivity index (χ4n) is 2.89. The number of carbonyl (C=O) groups excluding carboxylic acids is 1. The molecule has 4 nitrogen and oxygen atoms in total. The van der Waals surface area contributed by atoms with Crippen LogP contribution < -0.4 is 0 Å². The summed E-state index contributed by atoms with van der Waals surface area (Å²) in [5.74, 6) is -1.08. The summed E-state index contributed by atoms with van der Waals surface area (Å²) in [6, 6.07) is 9.73. The van der Waals surface area contributed by atoms with Gasteiger partial charge in [0.25, 0.3) is 0 Å². The predicted octanol–water partition coefficient (Wildman–Crippen LogP) is 3.49. The number of carboxylic acids is 1. The SMILES string of the molecule is O=C(O)C=CCC=CC[C@H]1C=CC(=O)[C@@H]1C=C[C@@H](O)Cc1ccccc1. The molecule has 1 aromatic rings. The van der Waals surface area contributed by atoms with E-state index in [1.165, 1.54) is 0 Å². The highest BCUT2D eigenvalue weighted by atomic mass is 16.4. The van der Waals surface area contributed by atoms with Gasteiger partial charge in [-0.1, -0.05) is 66.8 Å². The summed E-state index contributed by atoms with van der Waals surface area (Å²) in [6.07, 6.45) is 14.7. The third-order valence-electron chi connectivity index (χ3n) is 4.23. The second-order valence-electron chi connectivity index (χ2n) is 6.28. The minimum atomic E-state index is -0.956. The summed E-state index contributed by atoms with van der Waals surface area (Å²) in [5.41, 5.74) is 1.05. The summed E-state index contributed by atoms with van der Waals surface area (Å²) in [7, 11) is 0. The van der Waals surface area contributed by atoms with Crippen LogP contribution in [-0.4, -0.2) is 28.1 Å². The normalized spacial score (nSPS) is 21.3. The molecule has 0 saturated heterocycles. The molecule has 0 aromatic heterocycles. The lowest BCUT2D eigenvalue weighted by molar-refractivity contribution is -0.131. The number of carboxylic acid groups (broad SMARTS) is 1. The molecule has 136 valence electrons. The molecule has 1 aliphatic carbocycles. The van der Waals surface area contributed by atoms with Crippen LogP contribution in [0.3, 0.4) is 0 Å². The van der Waals surface area contributed by atoms with E-state index in [4.69, 9.17) is 5.11 Å². The van der Waals surface area contributed by atoms with Crippen LogP contribution >= 0.6 is 0 Å². The van der Waals surface area contributed by atoms with Crippen molar-refractivity contribution in [2.75, 3.05) is 0 Å². The standard InChI is InChI=1S/C22H24O4/c23-19(16-17-8-4-3-5-9-17)13-14-20-18(12-15-21(20)24)10-6-1-2-7-11-22(25)26/h1,3-9,11-15,18-20,23H,2,10,16H2,(H,25,26)/t18-,19+,20+/m0/s1. The number of aliphatic hydroxyl groups is 1. The molecule has 0 heterocycles. The van der Waals surface area contributed by atoms with E-state index in [-0.39, 0.29) is 17.6 Å². The molecule has 0 fully saturated rings. The van der Waals surface area contributed by atoms with Crippen LogP contribution in [0.2, 0.25) is 0 Å². The monoisotopic (exact) mass is 352 g/mol. The van der Waals surface area contributed by atoms with E-state index in [0.29, 0.717) is 19.3 Å². The number of benzene rings is 1. The van der Waals surface area contributed by atoms with Crippen LogP contribution in [0.15, 0.2) is 78.9 Å². The topological polar surface area (TPSA) is 74.6 Å². The second kappa shape index (κ2) is 10.3. The van der Waals surface area contributed by atoms with Crippen molar-refractivity contribution in [1.82, 2.24) is 0 Å². The molecule has 0 bridgehead atoms. The smallest absolute Gasteiger partial charge is 0.327 e. The van der Waals surface area contributed by atoms with Crippen molar-refractivity contribution < 1.29 is 19.8 Å². The van der Waals surface area contributed by atoms with Gasteiger partial charge in [0.2, 0.25) is 0 Å². The Kier molecular flexibility index (Phi) is 7.77. The third kappa shape index (κ3) is 6.65. The largest absolute Gasteiger partial charge is 0.478 e. The fraction of sp³-hybridized carbons (Fsp3) is 0.273. The number of hydrogen-bond acceptors (Lipinski definition) is 3. The number of rotatable bonds is 9. The molecular formula is C22H24O4. The van der Waals surface area contributed by atoms with Crippen LogP contribution in [0, 0.1) is 11.8 Å². The Balaban J connectivity index is 1.85. The lowest BCUT2D eigenvalue weighted by Gasteiger charge is -2.13. The van der Waals surface area contributed by atoms with Gasteiger partial charge in [0.05, 0.1) is 6.10 Å². The number of hydrogen-bond donors (Lipinski definition) is 2. The first kappa shape index (κ1) is 19.6. The zero-order valence-electron chi connectivity index (χ0n) is 14.6. The minimum absolute atomic E-state index is 0.0531. The molecule has 0 spiro atoms. The van der Waals surface area contributed by atoms with Crippen LogP contribution in [0.1, 0.15) is 18.4 Å². The molecule has 0 aliphatic heterocycles. The van der Waals surface area contributed by atoms with Crippen molar-refractivity contribution in [3.63, 3.8) is 0 Å². The maximum absolute atomic E-state index is 12.0. The number of aliphatic carboxylic acids is 1. The predicted molar refractivity (Wildman–Crippen MR) is 102 cm³/mol. The average Bonchev–Trinajstić information content (AvgIpc) is 2.96. The quantitative estimate of drug-likeness (QED) is 0.527. The van der Waals surface area contributed by atoms with Gasteiger partial charge >= 0.3 is 5.97 Å². The number of allylic oxidation sites excluding steroid dienone is 6. The van der Waals surface area contributed by atoms with Gasteiger partial charge in [-0.2, -0.15) is 0 Å². The van der Waals surface area contributed by atoms with E-state index in [0.717, 1.165) is 11.6 Å². The Morgan fingerprint density at radius 1 is 1.15 bits per heavy atom. The second-order valence-corrected chi connectivity index (χ2v) is 6.28. The molecule has 1 aromatic carbocycles. The summed E-state index contributed by atoms with van der Waals surface area (Å²) < 4.78 is 0. The first-order valence-electron chi connectivity index (χ1n) is 8.73. The molecule has 4 heteroatoms. The molecule has 2 N–H and O–H groups in total. The van der Waals surface area contributed by atoms with E-state index in [1.807, 2.05) is 48.6 Å². The first-order valence-corrected chi connectivity index (χ1v) is 8.73. The van der Waals surface area contributed by atoms with E-state index in [9.17, 15) is 14.7 Å². The highest BCUT2D eigenvalue weighted by Gasteiger charge is 2.26. The van der Waals surface area contributed by atoms with Crippen LogP contribution in [0.4, 0.5) is 0 Å². The molecule has 0 saturated carbocycles. The molecule has 0 radical (unpaired) electrons. The Hall–Kier alpha value is -2.72. The molecule has 0 amide bonds. The van der Waals surface area contributed by atoms with Crippen molar-refractivity contribution in [1.29, 1.82) is 0 Å². The number of ketones is 1. The van der Waals surface area contributed by atoms with Crippen molar-refractivity contribution in [3.05, 3.63) is 84.5 Å². The summed E-state index contributed by atoms with van der Waals surface area (Å²) in [4.78, 5) is 22.4. The van der Waals surface area contributed by atoms with Crippen molar-refractivity contribution >= 4 is 11.8 Å². The van der Waals surface area contributed by atoms with E-state index >= 15 is 0 Å². The van der Waals surface area contributed by atoms with Crippen molar-refractivity contribution in [3.8, 4) is 0 Å². The van der Waals surface area contributed by atoms with Crippen molar-refractivity contribution in [2.45, 2.75) is 25.4 Å². The number of carbonyl (C=O) groups is 2. The van der Waals surface area contributed by atoms with Gasteiger partial charge in [-0.05, 0) is 30.4 Å². The summed E-state index contributed by atoms with van der Waals surface area (Å²) >= 11 is 0. The molecule has 0 unspecified atom stereocenters. The van der Waals surface area contributed by atoms with Crippen molar-refractivity contribution in [2.24, 2.45) is 11.8 Å². The third-order valence-corrected chi connectivity index (χ3v) is 4.23. The zero-order chi connectivity index (χ0) is 18.8. The van der Waals surface area contributed by atoms with Crippen LogP contribution in [-0.2, 0) is 16.0 Å². The molecule has 26 heavy (non-hydrogen) atoms. The van der Waals surface area contributed by atoms with Gasteiger partial charge in [-0.3, -0.25) is 4.79 Å². The van der Waals surface area contributed by atoms with Gasteiger partial charge in [-0.15, -0.1) is 0 Å². The van der Waals surface area contributed by atoms with Gasteiger partial charge in [0.1, 0.15) is 0 Å². The maximum Gasteiger partial charge on any atom is 0.327 e. The summed E-state index contributed by atoms with van der Waals surface area (Å²) in [5, 5.41) is 18.7. The lowest BCUT2D eigenvalue weighted by atomic mass is 9.90.